The third-order valence-electron chi connectivity index (χ3n) is 0.658. The number of carbonyl (C=O) groups excluding carboxylic acids is 2. The SMILES string of the molecule is O=C1COS(=O)OC1=O. The highest BCUT2D eigenvalue weighted by Crippen LogP contribution is 1.98. The Balaban J connectivity index is 2.64. The molecule has 6 heteroatoms. The summed E-state index contributed by atoms with van der Waals surface area (Å²) in [6, 6.07) is 0. The van der Waals surface area contributed by atoms with Crippen molar-refractivity contribution in [3.8, 4) is 0 Å². The Bertz CT molecular complexity index is 185. The van der Waals surface area contributed by atoms with E-state index in [1.807, 2.05) is 0 Å². The first-order chi connectivity index (χ1) is 4.20. The molecule has 1 aliphatic heterocycles. The summed E-state index contributed by atoms with van der Waals surface area (Å²) in [4.78, 5) is 20.4. The predicted octanol–water partition coefficient (Wildman–Crippen LogP) is -1.29. The van der Waals surface area contributed by atoms with Gasteiger partial charge in [0.15, 0.2) is 0 Å². The molecule has 0 saturated carbocycles. The van der Waals surface area contributed by atoms with Crippen molar-refractivity contribution in [1.82, 2.24) is 0 Å². The molecule has 0 radical (unpaired) electrons. The Kier molecular flexibility index (Phi) is 1.58. The number of Topliss-reactive ketones (excluding diaryl/α,β-unsaturated/α-hetero) is 1. The smallest absolute Gasteiger partial charge is 0.336 e. The standard InChI is InChI=1S/C3H2O5S/c4-2-1-7-9(6)8-3(2)5/h1H2. The first-order valence-corrected chi connectivity index (χ1v) is 3.00. The van der Waals surface area contributed by atoms with Gasteiger partial charge < -0.3 is 4.18 Å². The van der Waals surface area contributed by atoms with Crippen molar-refractivity contribution in [2.45, 2.75) is 0 Å². The van der Waals surface area contributed by atoms with E-state index in [0.717, 1.165) is 0 Å². The van der Waals surface area contributed by atoms with E-state index in [9.17, 15) is 13.8 Å². The van der Waals surface area contributed by atoms with Gasteiger partial charge in [0.05, 0.1) is 0 Å². The maximum absolute atomic E-state index is 10.2. The fourth-order valence-corrected chi connectivity index (χ4v) is 0.761. The average Bonchev–Trinajstić information content (AvgIpc) is 1.80. The summed E-state index contributed by atoms with van der Waals surface area (Å²) < 4.78 is 18.1. The molecule has 1 rings (SSSR count). The van der Waals surface area contributed by atoms with E-state index in [0.29, 0.717) is 0 Å². The number of rotatable bonds is 0. The van der Waals surface area contributed by atoms with Crippen LogP contribution in [0.15, 0.2) is 0 Å². The zero-order valence-corrected chi connectivity index (χ0v) is 4.97. The molecule has 5 nitrogen and oxygen atoms in total. The van der Waals surface area contributed by atoms with E-state index in [2.05, 4.69) is 8.37 Å². The van der Waals surface area contributed by atoms with Gasteiger partial charge in [-0.15, -0.1) is 0 Å². The third-order valence-corrected chi connectivity index (χ3v) is 1.26. The lowest BCUT2D eigenvalue weighted by atomic mass is 10.4. The van der Waals surface area contributed by atoms with Crippen molar-refractivity contribution >= 4 is 23.1 Å². The zero-order valence-electron chi connectivity index (χ0n) is 4.16. The summed E-state index contributed by atoms with van der Waals surface area (Å²) in [6.45, 7) is -0.453. The van der Waals surface area contributed by atoms with Crippen molar-refractivity contribution in [3.05, 3.63) is 0 Å². The molecule has 1 unspecified atom stereocenters. The molecule has 0 aromatic carbocycles. The van der Waals surface area contributed by atoms with Crippen LogP contribution in [0.5, 0.6) is 0 Å². The van der Waals surface area contributed by atoms with Crippen LogP contribution in [-0.4, -0.2) is 22.6 Å². The van der Waals surface area contributed by atoms with E-state index in [1.54, 1.807) is 0 Å². The summed E-state index contributed by atoms with van der Waals surface area (Å²) >= 11 is -2.06. The number of hydrogen-bond acceptors (Lipinski definition) is 5. The van der Waals surface area contributed by atoms with Crippen LogP contribution in [0.3, 0.4) is 0 Å². The average molecular weight is 150 g/mol. The Morgan fingerprint density at radius 2 is 2.11 bits per heavy atom. The normalized spacial score (nSPS) is 27.8. The first-order valence-electron chi connectivity index (χ1n) is 2.00. The van der Waals surface area contributed by atoms with Gasteiger partial charge >= 0.3 is 17.3 Å². The molecule has 0 bridgehead atoms. The van der Waals surface area contributed by atoms with Gasteiger partial charge in [-0.05, 0) is 0 Å². The quantitative estimate of drug-likeness (QED) is 0.402. The lowest BCUT2D eigenvalue weighted by Gasteiger charge is -2.05. The first kappa shape index (κ1) is 6.37. The van der Waals surface area contributed by atoms with E-state index in [1.165, 1.54) is 0 Å². The monoisotopic (exact) mass is 150 g/mol. The largest absolute Gasteiger partial charge is 0.392 e. The minimum Gasteiger partial charge on any atom is -0.336 e. The second kappa shape index (κ2) is 2.24. The Morgan fingerprint density at radius 3 is 2.56 bits per heavy atom. The number of ketones is 1. The van der Waals surface area contributed by atoms with Crippen molar-refractivity contribution in [3.63, 3.8) is 0 Å². The lowest BCUT2D eigenvalue weighted by Crippen LogP contribution is -2.29. The topological polar surface area (TPSA) is 69.7 Å². The molecule has 0 aromatic heterocycles. The maximum Gasteiger partial charge on any atom is 0.392 e. The summed E-state index contributed by atoms with van der Waals surface area (Å²) in [5.74, 6) is -1.91. The number of hydrogen-bond donors (Lipinski definition) is 0. The molecule has 1 aliphatic rings. The van der Waals surface area contributed by atoms with Crippen LogP contribution in [-0.2, 0) is 29.3 Å². The lowest BCUT2D eigenvalue weighted by molar-refractivity contribution is -0.150. The second-order valence-electron chi connectivity index (χ2n) is 1.26. The van der Waals surface area contributed by atoms with Gasteiger partial charge in [0.25, 0.3) is 5.78 Å². The fourth-order valence-electron chi connectivity index (χ4n) is 0.293. The highest BCUT2D eigenvalue weighted by molar-refractivity contribution is 7.75. The summed E-state index contributed by atoms with van der Waals surface area (Å²) in [5.41, 5.74) is 0. The van der Waals surface area contributed by atoms with Crippen molar-refractivity contribution in [2.75, 3.05) is 6.61 Å². The minimum absolute atomic E-state index is 0.453. The van der Waals surface area contributed by atoms with Crippen LogP contribution >= 0.6 is 0 Å². The molecular formula is C3H2O5S. The molecular weight excluding hydrogens is 148 g/mol. The molecule has 1 fully saturated rings. The van der Waals surface area contributed by atoms with Gasteiger partial charge in [-0.1, -0.05) is 0 Å². The van der Waals surface area contributed by atoms with Gasteiger partial charge in [-0.2, -0.15) is 4.21 Å². The van der Waals surface area contributed by atoms with E-state index < -0.39 is 29.7 Å². The van der Waals surface area contributed by atoms with Crippen LogP contribution in [0.2, 0.25) is 0 Å². The molecule has 0 spiro atoms. The van der Waals surface area contributed by atoms with Gasteiger partial charge in [0.2, 0.25) is 0 Å². The molecule has 0 N–H and O–H groups in total. The summed E-state index contributed by atoms with van der Waals surface area (Å²) in [6.07, 6.45) is 0. The van der Waals surface area contributed by atoms with Crippen LogP contribution in [0.1, 0.15) is 0 Å². The number of carbonyl (C=O) groups is 2. The zero-order chi connectivity index (χ0) is 6.85. The fraction of sp³-hybridized carbons (Fsp3) is 0.333. The van der Waals surface area contributed by atoms with Gasteiger partial charge in [0.1, 0.15) is 6.61 Å². The Hall–Kier alpha value is -0.750. The van der Waals surface area contributed by atoms with Crippen LogP contribution in [0.4, 0.5) is 0 Å². The van der Waals surface area contributed by atoms with Crippen LogP contribution in [0, 0.1) is 0 Å². The predicted molar refractivity (Wildman–Crippen MR) is 25.2 cm³/mol. The van der Waals surface area contributed by atoms with Crippen molar-refractivity contribution < 1.29 is 22.2 Å². The Morgan fingerprint density at radius 1 is 1.44 bits per heavy atom. The molecule has 0 amide bonds. The highest BCUT2D eigenvalue weighted by atomic mass is 32.2. The minimum atomic E-state index is -2.06. The Labute approximate surface area is 52.8 Å². The molecule has 0 aliphatic carbocycles. The second-order valence-corrected chi connectivity index (χ2v) is 2.07. The van der Waals surface area contributed by atoms with Gasteiger partial charge in [-0.25, -0.2) is 4.79 Å². The summed E-state index contributed by atoms with van der Waals surface area (Å²) in [7, 11) is 0. The molecule has 1 atom stereocenters. The van der Waals surface area contributed by atoms with Crippen LogP contribution < -0.4 is 0 Å². The van der Waals surface area contributed by atoms with E-state index in [4.69, 9.17) is 0 Å². The highest BCUT2D eigenvalue weighted by Gasteiger charge is 2.26. The van der Waals surface area contributed by atoms with Crippen LogP contribution in [0.25, 0.3) is 0 Å². The van der Waals surface area contributed by atoms with E-state index in [-0.39, 0.29) is 0 Å². The van der Waals surface area contributed by atoms with Gasteiger partial charge in [0, 0.05) is 0 Å². The molecule has 50 valence electrons. The van der Waals surface area contributed by atoms with E-state index >= 15 is 0 Å². The molecule has 1 heterocycles. The van der Waals surface area contributed by atoms with Gasteiger partial charge in [-0.3, -0.25) is 8.98 Å². The van der Waals surface area contributed by atoms with Crippen molar-refractivity contribution in [1.29, 1.82) is 0 Å². The third kappa shape index (κ3) is 1.33. The maximum atomic E-state index is 10.2. The van der Waals surface area contributed by atoms with Crippen molar-refractivity contribution in [2.24, 2.45) is 0 Å². The molecule has 9 heavy (non-hydrogen) atoms. The molecule has 1 saturated heterocycles. The molecule has 0 aromatic rings. The summed E-state index contributed by atoms with van der Waals surface area (Å²) in [5, 5.41) is 0.